The van der Waals surface area contributed by atoms with Gasteiger partial charge in [-0.25, -0.2) is 0 Å². The topological polar surface area (TPSA) is 62.3 Å². The van der Waals surface area contributed by atoms with Gasteiger partial charge in [-0.15, -0.1) is 11.3 Å². The van der Waals surface area contributed by atoms with E-state index in [1.807, 2.05) is 23.1 Å². The molecular weight excluding hydrogens is 346 g/mol. The summed E-state index contributed by atoms with van der Waals surface area (Å²) in [6, 6.07) is 5.85. The van der Waals surface area contributed by atoms with Gasteiger partial charge in [0.1, 0.15) is 0 Å². The summed E-state index contributed by atoms with van der Waals surface area (Å²) in [5.41, 5.74) is 2.24. The minimum absolute atomic E-state index is 0.00586. The molecule has 6 heteroatoms. The van der Waals surface area contributed by atoms with Crippen LogP contribution in [0.15, 0.2) is 30.6 Å². The molecule has 1 aliphatic carbocycles. The van der Waals surface area contributed by atoms with Crippen molar-refractivity contribution in [2.45, 2.75) is 38.6 Å². The molecule has 2 aliphatic rings. The molecule has 5 nitrogen and oxygen atoms in total. The smallest absolute Gasteiger partial charge is 0.263 e. The van der Waals surface area contributed by atoms with Gasteiger partial charge in [0.05, 0.1) is 4.88 Å². The van der Waals surface area contributed by atoms with Crippen LogP contribution in [0.5, 0.6) is 0 Å². The number of likely N-dealkylation sites (tertiary alicyclic amines) is 1. The molecule has 26 heavy (non-hydrogen) atoms. The minimum atomic E-state index is -0.00586. The first-order valence-electron chi connectivity index (χ1n) is 9.28. The second-order valence-corrected chi connectivity index (χ2v) is 8.21. The van der Waals surface area contributed by atoms with Gasteiger partial charge in [0.15, 0.2) is 0 Å². The highest BCUT2D eigenvalue weighted by Crippen LogP contribution is 2.33. The Morgan fingerprint density at radius 2 is 2.00 bits per heavy atom. The first-order valence-corrected chi connectivity index (χ1v) is 10.1. The first kappa shape index (κ1) is 17.2. The minimum Gasteiger partial charge on any atom is -0.352 e. The fourth-order valence-electron chi connectivity index (χ4n) is 3.76. The molecule has 136 valence electrons. The molecule has 1 fully saturated rings. The number of aryl methyl sites for hydroxylation is 1. The largest absolute Gasteiger partial charge is 0.352 e. The summed E-state index contributed by atoms with van der Waals surface area (Å²) in [6.07, 6.45) is 8.17. The maximum Gasteiger partial charge on any atom is 0.263 e. The Kier molecular flexibility index (Phi) is 5.02. The molecule has 3 heterocycles. The van der Waals surface area contributed by atoms with Crippen LogP contribution in [-0.4, -0.2) is 34.8 Å². The highest BCUT2D eigenvalue weighted by molar-refractivity contribution is 7.14. The molecule has 0 bridgehead atoms. The van der Waals surface area contributed by atoms with E-state index in [4.69, 9.17) is 0 Å². The molecule has 0 spiro atoms. The van der Waals surface area contributed by atoms with E-state index in [9.17, 15) is 9.59 Å². The van der Waals surface area contributed by atoms with Crippen molar-refractivity contribution >= 4 is 23.2 Å². The summed E-state index contributed by atoms with van der Waals surface area (Å²) in [7, 11) is 0. The van der Waals surface area contributed by atoms with Crippen molar-refractivity contribution in [1.29, 1.82) is 0 Å². The third-order valence-electron chi connectivity index (χ3n) is 5.27. The zero-order chi connectivity index (χ0) is 17.9. The average Bonchev–Trinajstić information content (AvgIpc) is 3.35. The van der Waals surface area contributed by atoms with Gasteiger partial charge in [0, 0.05) is 42.8 Å². The fourth-order valence-corrected chi connectivity index (χ4v) is 4.94. The first-order chi connectivity index (χ1) is 12.7. The van der Waals surface area contributed by atoms with Gasteiger partial charge in [-0.1, -0.05) is 0 Å². The van der Waals surface area contributed by atoms with Crippen molar-refractivity contribution in [3.63, 3.8) is 0 Å². The molecule has 0 unspecified atom stereocenters. The summed E-state index contributed by atoms with van der Waals surface area (Å²) in [5.74, 6) is 0.264. The summed E-state index contributed by atoms with van der Waals surface area (Å²) in [4.78, 5) is 33.2. The Morgan fingerprint density at radius 1 is 1.23 bits per heavy atom. The molecule has 0 radical (unpaired) electrons. The van der Waals surface area contributed by atoms with E-state index in [0.717, 1.165) is 55.6 Å². The van der Waals surface area contributed by atoms with E-state index in [-0.39, 0.29) is 17.7 Å². The number of aromatic nitrogens is 1. The number of carbonyl (C=O) groups excluding carboxylic acids is 2. The highest BCUT2D eigenvalue weighted by atomic mass is 32.1. The molecule has 2 aromatic heterocycles. The summed E-state index contributed by atoms with van der Waals surface area (Å²) < 4.78 is 0. The van der Waals surface area contributed by atoms with Crippen LogP contribution in [0.3, 0.4) is 0 Å². The van der Waals surface area contributed by atoms with Crippen LogP contribution in [0, 0.1) is 5.92 Å². The van der Waals surface area contributed by atoms with E-state index in [2.05, 4.69) is 10.3 Å². The van der Waals surface area contributed by atoms with E-state index in [0.29, 0.717) is 6.54 Å². The number of fused-ring (bicyclic) bond motifs is 1. The van der Waals surface area contributed by atoms with Gasteiger partial charge in [-0.2, -0.15) is 0 Å². The zero-order valence-electron chi connectivity index (χ0n) is 14.7. The zero-order valence-corrected chi connectivity index (χ0v) is 15.6. The van der Waals surface area contributed by atoms with Gasteiger partial charge in [-0.05, 0) is 61.4 Å². The predicted molar refractivity (Wildman–Crippen MR) is 101 cm³/mol. The third kappa shape index (κ3) is 3.65. The van der Waals surface area contributed by atoms with E-state index in [1.165, 1.54) is 10.4 Å². The SMILES string of the molecule is O=C(NCc1ccncc1)[C@H]1CCc2sc(C(=O)N3CCCC3)cc2C1. The normalized spacial score (nSPS) is 19.2. The summed E-state index contributed by atoms with van der Waals surface area (Å²) >= 11 is 1.62. The lowest BCUT2D eigenvalue weighted by Gasteiger charge is -2.21. The molecule has 0 aromatic carbocycles. The molecule has 2 amide bonds. The lowest BCUT2D eigenvalue weighted by Crippen LogP contribution is -2.33. The fraction of sp³-hybridized carbons (Fsp3) is 0.450. The number of nitrogens with one attached hydrogen (secondary N) is 1. The van der Waals surface area contributed by atoms with Crippen molar-refractivity contribution in [3.05, 3.63) is 51.5 Å². The Labute approximate surface area is 157 Å². The van der Waals surface area contributed by atoms with Crippen molar-refractivity contribution in [1.82, 2.24) is 15.2 Å². The van der Waals surface area contributed by atoms with Crippen molar-refractivity contribution < 1.29 is 9.59 Å². The van der Waals surface area contributed by atoms with Crippen LogP contribution in [0.4, 0.5) is 0 Å². The van der Waals surface area contributed by atoms with Crippen LogP contribution >= 0.6 is 11.3 Å². The van der Waals surface area contributed by atoms with Crippen LogP contribution in [0.1, 0.15) is 44.9 Å². The van der Waals surface area contributed by atoms with E-state index >= 15 is 0 Å². The molecule has 4 rings (SSSR count). The van der Waals surface area contributed by atoms with Crippen LogP contribution in [0.2, 0.25) is 0 Å². The molecular formula is C20H23N3O2S. The summed E-state index contributed by atoms with van der Waals surface area (Å²) in [5, 5.41) is 3.04. The van der Waals surface area contributed by atoms with Gasteiger partial charge in [-0.3, -0.25) is 14.6 Å². The van der Waals surface area contributed by atoms with Gasteiger partial charge >= 0.3 is 0 Å². The Bertz CT molecular complexity index is 797. The second-order valence-electron chi connectivity index (χ2n) is 7.07. The third-order valence-corrected chi connectivity index (χ3v) is 6.50. The lowest BCUT2D eigenvalue weighted by atomic mass is 9.87. The van der Waals surface area contributed by atoms with Crippen molar-refractivity contribution in [3.8, 4) is 0 Å². The van der Waals surface area contributed by atoms with Gasteiger partial charge in [0.2, 0.25) is 5.91 Å². The number of carbonyl (C=O) groups is 2. The van der Waals surface area contributed by atoms with E-state index in [1.54, 1.807) is 23.7 Å². The second kappa shape index (κ2) is 7.58. The number of thiophene rings is 1. The van der Waals surface area contributed by atoms with Crippen LogP contribution in [-0.2, 0) is 24.2 Å². The van der Waals surface area contributed by atoms with Gasteiger partial charge in [0.25, 0.3) is 5.91 Å². The number of hydrogen-bond acceptors (Lipinski definition) is 4. The molecule has 1 aliphatic heterocycles. The Balaban J connectivity index is 1.38. The monoisotopic (exact) mass is 369 g/mol. The highest BCUT2D eigenvalue weighted by Gasteiger charge is 2.29. The predicted octanol–water partition coefficient (Wildman–Crippen LogP) is 2.80. The van der Waals surface area contributed by atoms with Gasteiger partial charge < -0.3 is 10.2 Å². The van der Waals surface area contributed by atoms with Crippen molar-refractivity contribution in [2.75, 3.05) is 13.1 Å². The van der Waals surface area contributed by atoms with Crippen LogP contribution < -0.4 is 5.32 Å². The molecule has 1 saturated heterocycles. The maximum absolute atomic E-state index is 12.6. The maximum atomic E-state index is 12.6. The number of pyridine rings is 1. The summed E-state index contributed by atoms with van der Waals surface area (Å²) in [6.45, 7) is 2.29. The number of rotatable bonds is 4. The molecule has 2 aromatic rings. The Morgan fingerprint density at radius 3 is 2.77 bits per heavy atom. The molecule has 0 saturated carbocycles. The quantitative estimate of drug-likeness (QED) is 0.901. The van der Waals surface area contributed by atoms with Crippen molar-refractivity contribution in [2.24, 2.45) is 5.92 Å². The standard InChI is InChI=1S/C20H23N3O2S/c24-19(22-13-14-5-7-21-8-6-14)15-3-4-17-16(11-15)12-18(26-17)20(25)23-9-1-2-10-23/h5-8,12,15H,1-4,9-11,13H2,(H,22,24)/t15-/m0/s1. The number of nitrogens with zero attached hydrogens (tertiary/aromatic N) is 2. The number of amides is 2. The van der Waals surface area contributed by atoms with Crippen LogP contribution in [0.25, 0.3) is 0 Å². The molecule has 1 atom stereocenters. The Hall–Kier alpha value is -2.21. The average molecular weight is 369 g/mol. The number of hydrogen-bond donors (Lipinski definition) is 1. The molecule has 1 N–H and O–H groups in total. The lowest BCUT2D eigenvalue weighted by molar-refractivity contribution is -0.125. The van der Waals surface area contributed by atoms with E-state index < -0.39 is 0 Å².